The summed E-state index contributed by atoms with van der Waals surface area (Å²) in [5.74, 6) is -2.46. The van der Waals surface area contributed by atoms with Crippen molar-refractivity contribution in [3.05, 3.63) is 34.7 Å². The lowest BCUT2D eigenvalue weighted by Crippen LogP contribution is -2.54. The van der Waals surface area contributed by atoms with Gasteiger partial charge in [-0.25, -0.2) is 14.6 Å². The number of rotatable bonds is 9. The second kappa shape index (κ2) is 12.2. The molecular weight excluding hydrogens is 480 g/mol. The highest BCUT2D eigenvalue weighted by molar-refractivity contribution is 7.12. The number of amides is 3. The minimum Gasteiger partial charge on any atom is -0.467 e. The molecule has 2 rings (SSSR count). The Balaban J connectivity index is 2.02. The Hall–Kier alpha value is -3.55. The van der Waals surface area contributed by atoms with Crippen LogP contribution >= 0.6 is 11.3 Å². The first kappa shape index (κ1) is 27.7. The molecular formula is C22H28N4O8S. The van der Waals surface area contributed by atoms with Crippen LogP contribution in [0.5, 0.6) is 0 Å². The lowest BCUT2D eigenvalue weighted by molar-refractivity contribution is -0.146. The maximum Gasteiger partial charge on any atom is 0.412 e. The van der Waals surface area contributed by atoms with Crippen molar-refractivity contribution >= 4 is 40.9 Å². The zero-order valence-electron chi connectivity index (χ0n) is 19.7. The summed E-state index contributed by atoms with van der Waals surface area (Å²) in [6.07, 6.45) is -0.586. The highest BCUT2D eigenvalue weighted by Crippen LogP contribution is 2.24. The number of nitrogens with one attached hydrogen (secondary N) is 3. The van der Waals surface area contributed by atoms with E-state index in [-0.39, 0.29) is 5.01 Å². The molecule has 0 saturated carbocycles. The van der Waals surface area contributed by atoms with Crippen molar-refractivity contribution in [1.82, 2.24) is 15.6 Å². The fourth-order valence-electron chi connectivity index (χ4n) is 2.66. The van der Waals surface area contributed by atoms with Gasteiger partial charge in [-0.05, 0) is 32.9 Å². The van der Waals surface area contributed by atoms with Crippen LogP contribution in [0.1, 0.15) is 30.6 Å². The molecule has 1 aromatic heterocycles. The van der Waals surface area contributed by atoms with E-state index < -0.39 is 54.8 Å². The number of hydrogen-bond donors (Lipinski definition) is 5. The number of ether oxygens (including phenoxy) is 2. The van der Waals surface area contributed by atoms with Crippen LogP contribution in [0, 0.1) is 0 Å². The first-order chi connectivity index (χ1) is 16.5. The summed E-state index contributed by atoms with van der Waals surface area (Å²) in [5, 5.41) is 27.5. The third-order valence-corrected chi connectivity index (χ3v) is 5.15. The quantitative estimate of drug-likeness (QED) is 0.308. The van der Waals surface area contributed by atoms with Crippen LogP contribution in [0.25, 0.3) is 11.3 Å². The van der Waals surface area contributed by atoms with Gasteiger partial charge in [0.25, 0.3) is 5.91 Å². The number of aliphatic hydroxyl groups excluding tert-OH is 2. The van der Waals surface area contributed by atoms with Gasteiger partial charge in [-0.15, -0.1) is 11.3 Å². The summed E-state index contributed by atoms with van der Waals surface area (Å²) in [7, 11) is 1.09. The Morgan fingerprint density at radius 3 is 2.20 bits per heavy atom. The molecule has 1 aromatic carbocycles. The second-order valence-corrected chi connectivity index (χ2v) is 9.08. The first-order valence-corrected chi connectivity index (χ1v) is 11.3. The van der Waals surface area contributed by atoms with Crippen molar-refractivity contribution in [2.75, 3.05) is 25.6 Å². The average Bonchev–Trinajstić information content (AvgIpc) is 3.29. The number of benzene rings is 1. The standard InChI is InChI=1S/C22H28N4O8S/c1-22(2,3)34-21(32)23-13-7-5-12(6-8-13)16-11-35-19(26-16)18(30)24-14(9-27)17(29)25-15(10-28)20(31)33-4/h5-8,11,14-15,27-28H,9-10H2,1-4H3,(H,23,32)(H,24,30)(H,25,29)/t14-,15-/m0/s1. The van der Waals surface area contributed by atoms with E-state index in [1.54, 1.807) is 50.4 Å². The highest BCUT2D eigenvalue weighted by Gasteiger charge is 2.27. The van der Waals surface area contributed by atoms with E-state index in [0.717, 1.165) is 18.4 Å². The third-order valence-electron chi connectivity index (χ3n) is 4.31. The van der Waals surface area contributed by atoms with Gasteiger partial charge in [-0.1, -0.05) is 12.1 Å². The van der Waals surface area contributed by atoms with Crippen molar-refractivity contribution in [2.45, 2.75) is 38.5 Å². The smallest absolute Gasteiger partial charge is 0.412 e. The van der Waals surface area contributed by atoms with Crippen molar-refractivity contribution < 1.29 is 38.9 Å². The molecule has 0 aliphatic rings. The van der Waals surface area contributed by atoms with Crippen LogP contribution in [0.15, 0.2) is 29.6 Å². The SMILES string of the molecule is COC(=O)[C@H](CO)NC(=O)[C@H](CO)NC(=O)c1nc(-c2ccc(NC(=O)OC(C)(C)C)cc2)cs1. The lowest BCUT2D eigenvalue weighted by atomic mass is 10.1. The summed E-state index contributed by atoms with van der Waals surface area (Å²) < 4.78 is 9.66. The average molecular weight is 509 g/mol. The van der Waals surface area contributed by atoms with Crippen molar-refractivity contribution in [2.24, 2.45) is 0 Å². The molecule has 0 saturated heterocycles. The predicted octanol–water partition coefficient (Wildman–Crippen LogP) is 0.898. The number of esters is 1. The summed E-state index contributed by atoms with van der Waals surface area (Å²) >= 11 is 1.02. The Morgan fingerprint density at radius 1 is 1.03 bits per heavy atom. The summed E-state index contributed by atoms with van der Waals surface area (Å²) in [4.78, 5) is 52.5. The van der Waals surface area contributed by atoms with E-state index in [4.69, 9.17) is 4.74 Å². The number of carbonyl (C=O) groups is 4. The molecule has 3 amide bonds. The van der Waals surface area contributed by atoms with Crippen LogP contribution in [0.4, 0.5) is 10.5 Å². The van der Waals surface area contributed by atoms with Crippen LogP contribution in [-0.2, 0) is 19.1 Å². The molecule has 2 atom stereocenters. The van der Waals surface area contributed by atoms with Crippen LogP contribution < -0.4 is 16.0 Å². The molecule has 190 valence electrons. The van der Waals surface area contributed by atoms with Gasteiger partial charge in [0.1, 0.15) is 11.6 Å². The number of aromatic nitrogens is 1. The van der Waals surface area contributed by atoms with Gasteiger partial charge >= 0.3 is 12.1 Å². The molecule has 0 bridgehead atoms. The van der Waals surface area contributed by atoms with E-state index in [0.29, 0.717) is 16.9 Å². The van der Waals surface area contributed by atoms with Gasteiger partial charge in [-0.2, -0.15) is 0 Å². The van der Waals surface area contributed by atoms with E-state index >= 15 is 0 Å². The molecule has 0 unspecified atom stereocenters. The number of thiazole rings is 1. The van der Waals surface area contributed by atoms with Gasteiger partial charge in [-0.3, -0.25) is 14.9 Å². The maximum atomic E-state index is 12.5. The normalized spacial score (nSPS) is 12.7. The molecule has 2 aromatic rings. The monoisotopic (exact) mass is 508 g/mol. The largest absolute Gasteiger partial charge is 0.467 e. The number of methoxy groups -OCH3 is 1. The molecule has 13 heteroatoms. The van der Waals surface area contributed by atoms with E-state index in [2.05, 4.69) is 25.7 Å². The molecule has 0 fully saturated rings. The number of aliphatic hydroxyl groups is 2. The number of anilines is 1. The second-order valence-electron chi connectivity index (χ2n) is 8.22. The fraction of sp³-hybridized carbons (Fsp3) is 0.409. The van der Waals surface area contributed by atoms with Crippen LogP contribution in [0.3, 0.4) is 0 Å². The molecule has 5 N–H and O–H groups in total. The molecule has 0 radical (unpaired) electrons. The fourth-order valence-corrected chi connectivity index (χ4v) is 3.39. The minimum atomic E-state index is -1.38. The topological polar surface area (TPSA) is 176 Å². The van der Waals surface area contributed by atoms with Crippen LogP contribution in [0.2, 0.25) is 0 Å². The Bertz CT molecular complexity index is 1050. The highest BCUT2D eigenvalue weighted by atomic mass is 32.1. The van der Waals surface area contributed by atoms with E-state index in [1.807, 2.05) is 0 Å². The van der Waals surface area contributed by atoms with Gasteiger partial charge in [0.05, 0.1) is 26.0 Å². The van der Waals surface area contributed by atoms with Gasteiger partial charge in [0, 0.05) is 16.6 Å². The zero-order valence-corrected chi connectivity index (χ0v) is 20.5. The van der Waals surface area contributed by atoms with E-state index in [1.165, 1.54) is 0 Å². The number of hydrogen-bond acceptors (Lipinski definition) is 10. The third kappa shape index (κ3) is 8.31. The Morgan fingerprint density at radius 2 is 1.66 bits per heavy atom. The maximum absolute atomic E-state index is 12.5. The summed E-state index contributed by atoms with van der Waals surface area (Å²) in [6.45, 7) is 3.81. The predicted molar refractivity (Wildman–Crippen MR) is 127 cm³/mol. The van der Waals surface area contributed by atoms with E-state index in [9.17, 15) is 29.4 Å². The zero-order chi connectivity index (χ0) is 26.2. The molecule has 0 spiro atoms. The molecule has 12 nitrogen and oxygen atoms in total. The summed E-state index contributed by atoms with van der Waals surface area (Å²) in [6, 6.07) is 4.00. The van der Waals surface area contributed by atoms with Gasteiger partial charge in [0.2, 0.25) is 5.91 Å². The molecule has 35 heavy (non-hydrogen) atoms. The number of carbonyl (C=O) groups excluding carboxylic acids is 4. The van der Waals surface area contributed by atoms with Crippen LogP contribution in [-0.4, -0.2) is 77.1 Å². The minimum absolute atomic E-state index is 0.0360. The number of nitrogens with zero attached hydrogens (tertiary/aromatic N) is 1. The molecule has 0 aliphatic heterocycles. The van der Waals surface area contributed by atoms with Gasteiger partial charge in [0.15, 0.2) is 11.0 Å². The Kier molecular flexibility index (Phi) is 9.68. The van der Waals surface area contributed by atoms with Crippen molar-refractivity contribution in [3.8, 4) is 11.3 Å². The lowest BCUT2D eigenvalue weighted by Gasteiger charge is -2.19. The first-order valence-electron chi connectivity index (χ1n) is 10.4. The summed E-state index contributed by atoms with van der Waals surface area (Å²) in [5.41, 5.74) is 1.05. The van der Waals surface area contributed by atoms with Crippen molar-refractivity contribution in [3.63, 3.8) is 0 Å². The Labute approximate surface area is 205 Å². The molecule has 1 heterocycles. The molecule has 0 aliphatic carbocycles. The van der Waals surface area contributed by atoms with Gasteiger partial charge < -0.3 is 30.3 Å². The van der Waals surface area contributed by atoms with Crippen molar-refractivity contribution in [1.29, 1.82) is 0 Å².